The maximum Gasteiger partial charge on any atom is 0.0522 e. The minimum absolute atomic E-state index is 0.521. The fraction of sp³-hybridized carbons (Fsp3) is 0.700. The van der Waals surface area contributed by atoms with E-state index in [9.17, 15) is 0 Å². The van der Waals surface area contributed by atoms with Crippen LogP contribution in [0.2, 0.25) is 0 Å². The molecule has 0 fully saturated rings. The van der Waals surface area contributed by atoms with Crippen LogP contribution >= 0.6 is 0 Å². The van der Waals surface area contributed by atoms with E-state index in [-0.39, 0.29) is 0 Å². The molecule has 2 N–H and O–H groups in total. The van der Waals surface area contributed by atoms with Gasteiger partial charge in [-0.25, -0.2) is 0 Å². The second-order valence-corrected chi connectivity index (χ2v) is 3.52. The Morgan fingerprint density at radius 2 is 2.38 bits per heavy atom. The van der Waals surface area contributed by atoms with E-state index in [0.717, 1.165) is 12.8 Å². The zero-order valence-electron chi connectivity index (χ0n) is 8.72. The normalized spacial score (nSPS) is 13.2. The van der Waals surface area contributed by atoms with E-state index in [1.165, 1.54) is 17.7 Å². The first-order valence-electron chi connectivity index (χ1n) is 4.96. The summed E-state index contributed by atoms with van der Waals surface area (Å²) in [5.41, 5.74) is 2.65. The van der Waals surface area contributed by atoms with E-state index in [1.807, 2.05) is 13.2 Å². The van der Waals surface area contributed by atoms with Crippen LogP contribution in [0.25, 0.3) is 0 Å². The molecule has 0 saturated heterocycles. The van der Waals surface area contributed by atoms with Crippen LogP contribution in [0.4, 0.5) is 0 Å². The summed E-state index contributed by atoms with van der Waals surface area (Å²) in [6, 6.07) is 0.521. The van der Waals surface area contributed by atoms with Crippen molar-refractivity contribution in [2.75, 3.05) is 7.05 Å². The Bertz CT molecular complexity index is 242. The Morgan fingerprint density at radius 3 is 3.00 bits per heavy atom. The number of aryl methyl sites for hydroxylation is 1. The quantitative estimate of drug-likeness (QED) is 0.723. The number of aromatic nitrogens is 2. The Labute approximate surface area is 79.9 Å². The van der Waals surface area contributed by atoms with Crippen molar-refractivity contribution in [3.63, 3.8) is 0 Å². The molecule has 0 bridgehead atoms. The predicted octanol–water partition coefficient (Wildman–Crippen LogP) is 1.51. The highest BCUT2D eigenvalue weighted by molar-refractivity contribution is 5.17. The second kappa shape index (κ2) is 5.02. The third-order valence-corrected chi connectivity index (χ3v) is 2.33. The third-order valence-electron chi connectivity index (χ3n) is 2.33. The van der Waals surface area contributed by atoms with Gasteiger partial charge in [-0.05, 0) is 32.4 Å². The number of hydrogen-bond acceptors (Lipinski definition) is 2. The largest absolute Gasteiger partial charge is 0.317 e. The average Bonchev–Trinajstić information content (AvgIpc) is 2.54. The highest BCUT2D eigenvalue weighted by Crippen LogP contribution is 2.09. The zero-order valence-corrected chi connectivity index (χ0v) is 8.72. The van der Waals surface area contributed by atoms with Crippen LogP contribution in [-0.4, -0.2) is 23.3 Å². The Balaban J connectivity index is 2.59. The molecule has 0 aromatic carbocycles. The molecule has 0 spiro atoms. The van der Waals surface area contributed by atoms with Crippen molar-refractivity contribution < 1.29 is 0 Å². The molecule has 3 nitrogen and oxygen atoms in total. The number of H-pyrrole nitrogens is 1. The summed E-state index contributed by atoms with van der Waals surface area (Å²) < 4.78 is 0. The fourth-order valence-corrected chi connectivity index (χ4v) is 1.41. The Hall–Kier alpha value is -0.830. The Morgan fingerprint density at radius 1 is 1.62 bits per heavy atom. The van der Waals surface area contributed by atoms with Gasteiger partial charge in [0.1, 0.15) is 0 Å². The number of likely N-dealkylation sites (N-methyl/N-ethyl adjacent to an activating group) is 1. The van der Waals surface area contributed by atoms with Crippen molar-refractivity contribution in [1.82, 2.24) is 15.5 Å². The maximum absolute atomic E-state index is 4.08. The summed E-state index contributed by atoms with van der Waals surface area (Å²) in [5.74, 6) is 0. The van der Waals surface area contributed by atoms with E-state index >= 15 is 0 Å². The van der Waals surface area contributed by atoms with Gasteiger partial charge < -0.3 is 5.32 Å². The van der Waals surface area contributed by atoms with Crippen molar-refractivity contribution in [2.45, 2.75) is 39.2 Å². The molecule has 0 radical (unpaired) electrons. The van der Waals surface area contributed by atoms with Crippen LogP contribution in [0, 0.1) is 0 Å². The summed E-state index contributed by atoms with van der Waals surface area (Å²) >= 11 is 0. The first-order valence-corrected chi connectivity index (χ1v) is 4.96. The number of rotatable bonds is 5. The monoisotopic (exact) mass is 181 g/mol. The smallest absolute Gasteiger partial charge is 0.0522 e. The topological polar surface area (TPSA) is 40.7 Å². The number of aromatic amines is 1. The first kappa shape index (κ1) is 10.3. The van der Waals surface area contributed by atoms with Gasteiger partial charge in [-0.15, -0.1) is 0 Å². The predicted molar refractivity (Wildman–Crippen MR) is 54.8 cm³/mol. The second-order valence-electron chi connectivity index (χ2n) is 3.52. The molecule has 74 valence electrons. The van der Waals surface area contributed by atoms with Crippen LogP contribution in [0.15, 0.2) is 6.20 Å². The Kier molecular flexibility index (Phi) is 3.96. The van der Waals surface area contributed by atoms with Crippen molar-refractivity contribution in [3.05, 3.63) is 17.5 Å². The minimum atomic E-state index is 0.521. The average molecular weight is 181 g/mol. The first-order chi connectivity index (χ1) is 6.27. The lowest BCUT2D eigenvalue weighted by Crippen LogP contribution is -2.23. The van der Waals surface area contributed by atoms with Crippen molar-refractivity contribution >= 4 is 0 Å². The molecule has 0 saturated carbocycles. The standard InChI is InChI=1S/C10H19N3/c1-4-5-10-9(7-12-13-10)6-8(2)11-3/h7-8,11H,4-6H2,1-3H3,(H,12,13). The van der Waals surface area contributed by atoms with Crippen molar-refractivity contribution in [2.24, 2.45) is 0 Å². The minimum Gasteiger partial charge on any atom is -0.317 e. The maximum atomic E-state index is 4.08. The lowest BCUT2D eigenvalue weighted by molar-refractivity contribution is 0.605. The van der Waals surface area contributed by atoms with Gasteiger partial charge in [-0.3, -0.25) is 5.10 Å². The van der Waals surface area contributed by atoms with Crippen LogP contribution in [-0.2, 0) is 12.8 Å². The number of nitrogens with one attached hydrogen (secondary N) is 2. The van der Waals surface area contributed by atoms with Crippen LogP contribution in [0.3, 0.4) is 0 Å². The fourth-order valence-electron chi connectivity index (χ4n) is 1.41. The molecule has 3 heteroatoms. The summed E-state index contributed by atoms with van der Waals surface area (Å²) in [6.07, 6.45) is 5.27. The molecule has 0 aliphatic rings. The summed E-state index contributed by atoms with van der Waals surface area (Å²) in [7, 11) is 1.99. The van der Waals surface area contributed by atoms with E-state index in [2.05, 4.69) is 29.4 Å². The van der Waals surface area contributed by atoms with Gasteiger partial charge in [-0.2, -0.15) is 5.10 Å². The highest BCUT2D eigenvalue weighted by Gasteiger charge is 2.07. The van der Waals surface area contributed by atoms with Crippen molar-refractivity contribution in [1.29, 1.82) is 0 Å². The van der Waals surface area contributed by atoms with E-state index in [0.29, 0.717) is 6.04 Å². The van der Waals surface area contributed by atoms with E-state index in [4.69, 9.17) is 0 Å². The highest BCUT2D eigenvalue weighted by atomic mass is 15.1. The van der Waals surface area contributed by atoms with Gasteiger partial charge in [0.15, 0.2) is 0 Å². The van der Waals surface area contributed by atoms with Gasteiger partial charge in [0.2, 0.25) is 0 Å². The molecule has 1 aromatic rings. The van der Waals surface area contributed by atoms with Crippen LogP contribution < -0.4 is 5.32 Å². The molecule has 13 heavy (non-hydrogen) atoms. The van der Waals surface area contributed by atoms with Gasteiger partial charge in [0.25, 0.3) is 0 Å². The molecular weight excluding hydrogens is 162 g/mol. The molecule has 1 rings (SSSR count). The van der Waals surface area contributed by atoms with E-state index < -0.39 is 0 Å². The SMILES string of the molecule is CCCc1[nH]ncc1CC(C)NC. The molecule has 0 aliphatic heterocycles. The van der Waals surface area contributed by atoms with Crippen LogP contribution in [0.1, 0.15) is 31.5 Å². The number of hydrogen-bond donors (Lipinski definition) is 2. The van der Waals surface area contributed by atoms with Gasteiger partial charge >= 0.3 is 0 Å². The lowest BCUT2D eigenvalue weighted by atomic mass is 10.1. The zero-order chi connectivity index (χ0) is 9.68. The molecule has 1 heterocycles. The van der Waals surface area contributed by atoms with E-state index in [1.54, 1.807) is 0 Å². The summed E-state index contributed by atoms with van der Waals surface area (Å²) in [5, 5.41) is 10.4. The number of nitrogens with zero attached hydrogens (tertiary/aromatic N) is 1. The molecule has 0 amide bonds. The molecule has 1 unspecified atom stereocenters. The third kappa shape index (κ3) is 2.84. The summed E-state index contributed by atoms with van der Waals surface area (Å²) in [6.45, 7) is 4.37. The molecule has 1 atom stereocenters. The molecule has 0 aliphatic carbocycles. The molecular formula is C10H19N3. The van der Waals surface area contributed by atoms with Gasteiger partial charge in [-0.1, -0.05) is 13.3 Å². The van der Waals surface area contributed by atoms with Crippen molar-refractivity contribution in [3.8, 4) is 0 Å². The van der Waals surface area contributed by atoms with Gasteiger partial charge in [0.05, 0.1) is 6.20 Å². The lowest BCUT2D eigenvalue weighted by Gasteiger charge is -2.09. The summed E-state index contributed by atoms with van der Waals surface area (Å²) in [4.78, 5) is 0. The van der Waals surface area contributed by atoms with Crippen LogP contribution in [0.5, 0.6) is 0 Å². The van der Waals surface area contributed by atoms with Gasteiger partial charge in [0, 0.05) is 11.7 Å². The molecule has 1 aromatic heterocycles.